The Bertz CT molecular complexity index is 978. The lowest BCUT2D eigenvalue weighted by atomic mass is 10.0. The fourth-order valence-corrected chi connectivity index (χ4v) is 3.91. The Morgan fingerprint density at radius 3 is 2.33 bits per heavy atom. The van der Waals surface area contributed by atoms with Crippen LogP contribution in [0.4, 0.5) is 11.4 Å². The van der Waals surface area contributed by atoms with Crippen LogP contribution in [0.1, 0.15) is 65.4 Å². The molecule has 0 bridgehead atoms. The van der Waals surface area contributed by atoms with Gasteiger partial charge in [0.15, 0.2) is 5.69 Å². The summed E-state index contributed by atoms with van der Waals surface area (Å²) in [6, 6.07) is 4.84. The molecule has 5 N–H and O–H groups in total. The summed E-state index contributed by atoms with van der Waals surface area (Å²) >= 11 is 0.799. The topological polar surface area (TPSA) is 131 Å². The van der Waals surface area contributed by atoms with Gasteiger partial charge in [-0.15, -0.1) is 0 Å². The quantitative estimate of drug-likeness (QED) is 0.647. The molecule has 9 heteroatoms. The van der Waals surface area contributed by atoms with Crippen LogP contribution in [-0.2, 0) is 4.79 Å². The lowest BCUT2D eigenvalue weighted by molar-refractivity contribution is -0.123. The van der Waals surface area contributed by atoms with E-state index >= 15 is 0 Å². The van der Waals surface area contributed by atoms with Gasteiger partial charge in [0, 0.05) is 11.2 Å². The number of hydrogen-bond acceptors (Lipinski definition) is 6. The van der Waals surface area contributed by atoms with E-state index < -0.39 is 23.4 Å². The van der Waals surface area contributed by atoms with Gasteiger partial charge in [-0.05, 0) is 64.2 Å². The van der Waals surface area contributed by atoms with Crippen molar-refractivity contribution in [1.29, 1.82) is 0 Å². The van der Waals surface area contributed by atoms with Crippen LogP contribution in [0.2, 0.25) is 0 Å². The van der Waals surface area contributed by atoms with Crippen LogP contribution in [0.15, 0.2) is 18.2 Å². The summed E-state index contributed by atoms with van der Waals surface area (Å²) in [6.07, 6.45) is 0.377. The average Bonchev–Trinajstić information content (AvgIpc) is 3.00. The zero-order valence-corrected chi connectivity index (χ0v) is 19.0. The highest BCUT2D eigenvalue weighted by Gasteiger charge is 2.35. The number of amides is 3. The molecule has 3 amide bonds. The normalized spacial score (nSPS) is 12.3. The molecule has 0 aliphatic rings. The smallest absolute Gasteiger partial charge is 0.272 e. The van der Waals surface area contributed by atoms with Gasteiger partial charge < -0.3 is 16.8 Å². The summed E-state index contributed by atoms with van der Waals surface area (Å²) in [5.74, 6) is -1.59. The number of carbonyl (C=O) groups is 3. The van der Waals surface area contributed by atoms with E-state index in [2.05, 4.69) is 9.69 Å². The van der Waals surface area contributed by atoms with Gasteiger partial charge in [-0.1, -0.05) is 24.6 Å². The number of nitrogens with one attached hydrogen (secondary N) is 1. The molecule has 0 saturated carbocycles. The Morgan fingerprint density at radius 2 is 1.87 bits per heavy atom. The third-order valence-corrected chi connectivity index (χ3v) is 5.34. The Kier molecular flexibility index (Phi) is 6.87. The molecule has 1 aromatic carbocycles. The van der Waals surface area contributed by atoms with Crippen molar-refractivity contribution in [3.05, 3.63) is 39.9 Å². The van der Waals surface area contributed by atoms with Gasteiger partial charge in [0.05, 0.1) is 5.69 Å². The Morgan fingerprint density at radius 1 is 1.23 bits per heavy atom. The van der Waals surface area contributed by atoms with E-state index in [0.717, 1.165) is 22.7 Å². The number of nitrogens with two attached hydrogens (primary N) is 2. The van der Waals surface area contributed by atoms with E-state index in [1.807, 2.05) is 59.7 Å². The van der Waals surface area contributed by atoms with Crippen LogP contribution < -0.4 is 21.7 Å². The molecule has 2 rings (SSSR count). The van der Waals surface area contributed by atoms with Crippen molar-refractivity contribution < 1.29 is 14.4 Å². The van der Waals surface area contributed by atoms with E-state index in [4.69, 9.17) is 11.5 Å². The second-order valence-corrected chi connectivity index (χ2v) is 9.04. The molecule has 1 aromatic heterocycles. The number of anilines is 2. The fraction of sp³-hybridized carbons (Fsp3) is 0.429. The molecule has 2 aromatic rings. The monoisotopic (exact) mass is 431 g/mol. The van der Waals surface area contributed by atoms with Crippen LogP contribution in [0.5, 0.6) is 0 Å². The van der Waals surface area contributed by atoms with E-state index in [1.165, 1.54) is 4.90 Å². The lowest BCUT2D eigenvalue weighted by Gasteiger charge is -2.33. The largest absolute Gasteiger partial charge is 0.395 e. The average molecular weight is 432 g/mol. The number of benzene rings is 1. The van der Waals surface area contributed by atoms with Gasteiger partial charge in [-0.3, -0.25) is 19.3 Å². The van der Waals surface area contributed by atoms with Crippen molar-refractivity contribution in [2.75, 3.05) is 10.6 Å². The van der Waals surface area contributed by atoms with Crippen molar-refractivity contribution >= 4 is 40.6 Å². The van der Waals surface area contributed by atoms with Crippen molar-refractivity contribution in [2.24, 2.45) is 5.73 Å². The Balaban J connectivity index is 2.62. The number of hydrogen-bond donors (Lipinski definition) is 3. The molecule has 1 heterocycles. The number of primary amides is 1. The maximum atomic E-state index is 13.6. The summed E-state index contributed by atoms with van der Waals surface area (Å²) in [4.78, 5) is 39.7. The molecule has 0 fully saturated rings. The molecule has 0 radical (unpaired) electrons. The van der Waals surface area contributed by atoms with Crippen molar-refractivity contribution in [3.8, 4) is 0 Å². The second-order valence-electron chi connectivity index (χ2n) is 8.27. The third kappa shape index (κ3) is 4.96. The SMILES string of the molecule is CCC(C(=O)NC(C)(C)C)N(C(=O)c1snc(C(N)=O)c1N)c1ccc(C)cc1C. The lowest BCUT2D eigenvalue weighted by Crippen LogP contribution is -2.54. The first-order valence-corrected chi connectivity index (χ1v) is 10.4. The van der Waals surface area contributed by atoms with Crippen LogP contribution in [0, 0.1) is 13.8 Å². The molecule has 1 unspecified atom stereocenters. The number of carbonyl (C=O) groups excluding carboxylic acids is 3. The van der Waals surface area contributed by atoms with Crippen LogP contribution >= 0.6 is 11.5 Å². The standard InChI is InChI=1S/C21H29N5O3S/c1-7-13(19(28)24-21(4,5)6)26(14-9-8-11(2)10-12(14)3)20(29)17-15(22)16(18(23)27)25-30-17/h8-10,13H,7,22H2,1-6H3,(H2,23,27)(H,24,28). The van der Waals surface area contributed by atoms with Crippen molar-refractivity contribution in [1.82, 2.24) is 9.69 Å². The number of aromatic nitrogens is 1. The number of rotatable bonds is 6. The van der Waals surface area contributed by atoms with Crippen LogP contribution in [0.25, 0.3) is 0 Å². The van der Waals surface area contributed by atoms with Gasteiger partial charge in [0.2, 0.25) is 5.91 Å². The highest BCUT2D eigenvalue weighted by atomic mass is 32.1. The van der Waals surface area contributed by atoms with E-state index in [9.17, 15) is 14.4 Å². The van der Waals surface area contributed by atoms with Crippen molar-refractivity contribution in [3.63, 3.8) is 0 Å². The van der Waals surface area contributed by atoms with E-state index in [0.29, 0.717) is 12.1 Å². The first-order valence-electron chi connectivity index (χ1n) is 9.65. The molecular weight excluding hydrogens is 402 g/mol. The number of nitrogen functional groups attached to an aromatic ring is 1. The first-order chi connectivity index (χ1) is 13.9. The van der Waals surface area contributed by atoms with Crippen molar-refractivity contribution in [2.45, 2.75) is 59.5 Å². The summed E-state index contributed by atoms with van der Waals surface area (Å²) < 4.78 is 3.93. The fourth-order valence-electron chi connectivity index (χ4n) is 3.17. The van der Waals surface area contributed by atoms with Crippen LogP contribution in [-0.4, -0.2) is 33.7 Å². The minimum Gasteiger partial charge on any atom is -0.395 e. The highest BCUT2D eigenvalue weighted by Crippen LogP contribution is 2.30. The molecule has 162 valence electrons. The van der Waals surface area contributed by atoms with E-state index in [-0.39, 0.29) is 22.2 Å². The first kappa shape index (κ1) is 23.3. The molecule has 1 atom stereocenters. The van der Waals surface area contributed by atoms with Gasteiger partial charge >= 0.3 is 0 Å². The van der Waals surface area contributed by atoms with Gasteiger partial charge in [0.1, 0.15) is 10.9 Å². The van der Waals surface area contributed by atoms with Gasteiger partial charge in [0.25, 0.3) is 11.8 Å². The second kappa shape index (κ2) is 8.83. The molecule has 0 aliphatic carbocycles. The summed E-state index contributed by atoms with van der Waals surface area (Å²) in [6.45, 7) is 11.3. The predicted octanol–water partition coefficient (Wildman–Crippen LogP) is 2.78. The molecule has 8 nitrogen and oxygen atoms in total. The minimum absolute atomic E-state index is 0.0710. The molecular formula is C21H29N5O3S. The van der Waals surface area contributed by atoms with Gasteiger partial charge in [-0.25, -0.2) is 0 Å². The third-order valence-electron chi connectivity index (χ3n) is 4.49. The minimum atomic E-state index is -0.807. The molecule has 30 heavy (non-hydrogen) atoms. The number of nitrogens with zero attached hydrogens (tertiary/aromatic N) is 2. The summed E-state index contributed by atoms with van der Waals surface area (Å²) in [5.41, 5.74) is 13.1. The summed E-state index contributed by atoms with van der Waals surface area (Å²) in [5, 5.41) is 2.95. The molecule has 0 saturated heterocycles. The molecule has 0 aliphatic heterocycles. The van der Waals surface area contributed by atoms with Gasteiger partial charge in [-0.2, -0.15) is 4.37 Å². The Hall–Kier alpha value is -2.94. The highest BCUT2D eigenvalue weighted by molar-refractivity contribution is 7.09. The maximum Gasteiger partial charge on any atom is 0.272 e. The Labute approximate surface area is 180 Å². The summed E-state index contributed by atoms with van der Waals surface area (Å²) in [7, 11) is 0. The van der Waals surface area contributed by atoms with E-state index in [1.54, 1.807) is 0 Å². The number of aryl methyl sites for hydroxylation is 2. The predicted molar refractivity (Wildman–Crippen MR) is 120 cm³/mol. The zero-order valence-electron chi connectivity index (χ0n) is 18.2. The zero-order chi connectivity index (χ0) is 22.8. The van der Waals surface area contributed by atoms with Crippen LogP contribution in [0.3, 0.4) is 0 Å². The molecule has 0 spiro atoms. The maximum absolute atomic E-state index is 13.6.